The molecule has 2 rings (SSSR count). The second-order valence-electron chi connectivity index (χ2n) is 6.64. The van der Waals surface area contributed by atoms with Crippen molar-refractivity contribution in [3.63, 3.8) is 0 Å². The minimum atomic E-state index is -0.0959. The van der Waals surface area contributed by atoms with Crippen molar-refractivity contribution >= 4 is 35.9 Å². The zero-order valence-electron chi connectivity index (χ0n) is 17.2. The number of hydrogen-bond acceptors (Lipinski definition) is 4. The molecule has 0 saturated carbocycles. The molecule has 8 heteroatoms. The molecule has 2 heterocycles. The molecule has 0 aromatic carbocycles. The molecule has 1 N–H and O–H groups in total. The van der Waals surface area contributed by atoms with E-state index in [0.29, 0.717) is 19.7 Å². The Morgan fingerprint density at radius 1 is 1.33 bits per heavy atom. The van der Waals surface area contributed by atoms with Gasteiger partial charge in [-0.3, -0.25) is 14.5 Å². The molecule has 1 saturated heterocycles. The van der Waals surface area contributed by atoms with E-state index < -0.39 is 0 Å². The zero-order chi connectivity index (χ0) is 19.1. The van der Waals surface area contributed by atoms with E-state index in [9.17, 15) is 4.79 Å². The summed E-state index contributed by atoms with van der Waals surface area (Å²) in [4.78, 5) is 18.7. The van der Waals surface area contributed by atoms with Gasteiger partial charge in [0.25, 0.3) is 0 Å². The van der Waals surface area contributed by atoms with Crippen LogP contribution < -0.4 is 5.32 Å². The van der Waals surface area contributed by atoms with Gasteiger partial charge >= 0.3 is 5.97 Å². The molecule has 7 nitrogen and oxygen atoms in total. The molecule has 1 aliphatic rings. The fourth-order valence-electron chi connectivity index (χ4n) is 3.72. The first-order valence-corrected chi connectivity index (χ1v) is 9.71. The normalized spacial score (nSPS) is 17.4. The monoisotopic (exact) mass is 491 g/mol. The number of likely N-dealkylation sites (tertiary alicyclic amines) is 1. The molecule has 1 fully saturated rings. The first-order chi connectivity index (χ1) is 12.5. The summed E-state index contributed by atoms with van der Waals surface area (Å²) in [6.07, 6.45) is 3.72. The Morgan fingerprint density at radius 2 is 2.07 bits per heavy atom. The lowest BCUT2D eigenvalue weighted by Crippen LogP contribution is -2.48. The summed E-state index contributed by atoms with van der Waals surface area (Å²) in [5, 5.41) is 8.11. The summed E-state index contributed by atoms with van der Waals surface area (Å²) in [6, 6.07) is 0. The predicted molar refractivity (Wildman–Crippen MR) is 119 cm³/mol. The van der Waals surface area contributed by atoms with Gasteiger partial charge in [-0.1, -0.05) is 13.8 Å². The molecule has 0 spiro atoms. The summed E-state index contributed by atoms with van der Waals surface area (Å²) in [7, 11) is 3.80. The van der Waals surface area contributed by atoms with E-state index in [1.165, 1.54) is 11.3 Å². The SMILES string of the molecule is CCOC(=O)C1CCCN(C(=NC)NCc2c(CC)nn(C)c2CC)C1.I. The van der Waals surface area contributed by atoms with E-state index in [2.05, 4.69) is 34.2 Å². The van der Waals surface area contributed by atoms with E-state index in [4.69, 9.17) is 4.74 Å². The van der Waals surface area contributed by atoms with Crippen LogP contribution in [0.4, 0.5) is 0 Å². The van der Waals surface area contributed by atoms with E-state index in [1.807, 2.05) is 18.7 Å². The fraction of sp³-hybridized carbons (Fsp3) is 0.737. The van der Waals surface area contributed by atoms with E-state index in [0.717, 1.165) is 43.9 Å². The largest absolute Gasteiger partial charge is 0.466 e. The molecule has 154 valence electrons. The number of carbonyl (C=O) groups excluding carboxylic acids is 1. The topological polar surface area (TPSA) is 71.8 Å². The summed E-state index contributed by atoms with van der Waals surface area (Å²) >= 11 is 0. The number of ether oxygens (including phenoxy) is 1. The van der Waals surface area contributed by atoms with Crippen molar-refractivity contribution in [1.82, 2.24) is 20.0 Å². The summed E-state index contributed by atoms with van der Waals surface area (Å²) in [5.41, 5.74) is 3.65. The molecular formula is C19H34IN5O2. The van der Waals surface area contributed by atoms with Crippen molar-refractivity contribution in [2.45, 2.75) is 53.0 Å². The Kier molecular flexibility index (Phi) is 10.1. The number of carbonyl (C=O) groups is 1. The van der Waals surface area contributed by atoms with Crippen molar-refractivity contribution in [3.05, 3.63) is 17.0 Å². The van der Waals surface area contributed by atoms with Gasteiger partial charge in [0.1, 0.15) is 0 Å². The molecule has 0 amide bonds. The highest BCUT2D eigenvalue weighted by Crippen LogP contribution is 2.19. The van der Waals surface area contributed by atoms with Crippen LogP contribution in [0, 0.1) is 5.92 Å². The van der Waals surface area contributed by atoms with Crippen LogP contribution in [0.1, 0.15) is 50.6 Å². The highest BCUT2D eigenvalue weighted by atomic mass is 127. The molecule has 0 bridgehead atoms. The quantitative estimate of drug-likeness (QED) is 0.287. The molecule has 1 unspecified atom stereocenters. The van der Waals surface area contributed by atoms with Crippen molar-refractivity contribution in [3.8, 4) is 0 Å². The van der Waals surface area contributed by atoms with E-state index >= 15 is 0 Å². The highest BCUT2D eigenvalue weighted by Gasteiger charge is 2.28. The number of aryl methyl sites for hydroxylation is 2. The Hall–Kier alpha value is -1.32. The van der Waals surface area contributed by atoms with Crippen molar-refractivity contribution in [2.24, 2.45) is 18.0 Å². The lowest BCUT2D eigenvalue weighted by atomic mass is 9.98. The van der Waals surface area contributed by atoms with Crippen molar-refractivity contribution in [1.29, 1.82) is 0 Å². The van der Waals surface area contributed by atoms with E-state index in [1.54, 1.807) is 7.05 Å². The second-order valence-corrected chi connectivity index (χ2v) is 6.64. The maximum atomic E-state index is 12.1. The molecule has 27 heavy (non-hydrogen) atoms. The van der Waals surface area contributed by atoms with Crippen molar-refractivity contribution in [2.75, 3.05) is 26.7 Å². The van der Waals surface area contributed by atoms with Crippen LogP contribution in [0.25, 0.3) is 0 Å². The molecular weight excluding hydrogens is 457 g/mol. The summed E-state index contributed by atoms with van der Waals surface area (Å²) < 4.78 is 7.18. The third-order valence-corrected chi connectivity index (χ3v) is 5.00. The number of hydrogen-bond donors (Lipinski definition) is 1. The first-order valence-electron chi connectivity index (χ1n) is 9.71. The molecule has 1 aromatic rings. The van der Waals surface area contributed by atoms with Gasteiger partial charge in [0.05, 0.1) is 18.2 Å². The Morgan fingerprint density at radius 3 is 2.67 bits per heavy atom. The Labute approximate surface area is 179 Å². The minimum absolute atomic E-state index is 0. The van der Waals surface area contributed by atoms with Crippen LogP contribution in [0.15, 0.2) is 4.99 Å². The van der Waals surface area contributed by atoms with Crippen LogP contribution in [-0.2, 0) is 36.0 Å². The maximum Gasteiger partial charge on any atom is 0.310 e. The lowest BCUT2D eigenvalue weighted by molar-refractivity contribution is -0.149. The Balaban J connectivity index is 0.00000364. The number of aliphatic imine (C=N–C) groups is 1. The van der Waals surface area contributed by atoms with Gasteiger partial charge in [-0.15, -0.1) is 24.0 Å². The van der Waals surface area contributed by atoms with Crippen LogP contribution in [0.3, 0.4) is 0 Å². The number of esters is 1. The van der Waals surface area contributed by atoms with Gasteiger partial charge in [0.2, 0.25) is 0 Å². The Bertz CT molecular complexity index is 644. The van der Waals surface area contributed by atoms with Gasteiger partial charge in [-0.25, -0.2) is 0 Å². The molecule has 0 aliphatic carbocycles. The zero-order valence-corrected chi connectivity index (χ0v) is 19.6. The highest BCUT2D eigenvalue weighted by molar-refractivity contribution is 14.0. The summed E-state index contributed by atoms with van der Waals surface area (Å²) in [5.74, 6) is 0.673. The first kappa shape index (κ1) is 23.7. The number of halogens is 1. The van der Waals surface area contributed by atoms with Crippen LogP contribution in [0.2, 0.25) is 0 Å². The molecule has 1 atom stereocenters. The smallest absolute Gasteiger partial charge is 0.310 e. The van der Waals surface area contributed by atoms with Crippen LogP contribution in [0.5, 0.6) is 0 Å². The third kappa shape index (κ3) is 5.83. The maximum absolute atomic E-state index is 12.1. The number of piperidine rings is 1. The lowest BCUT2D eigenvalue weighted by Gasteiger charge is -2.34. The average molecular weight is 491 g/mol. The second kappa shape index (κ2) is 11.5. The number of nitrogens with one attached hydrogen (secondary N) is 1. The standard InChI is InChI=1S/C19H33N5O2.HI/c1-6-16-15(17(7-2)23(5)22-16)12-21-19(20-4)24-11-9-10-14(13-24)18(25)26-8-3;/h14H,6-13H2,1-5H3,(H,20,21);1H. The fourth-order valence-corrected chi connectivity index (χ4v) is 3.72. The summed E-state index contributed by atoms with van der Waals surface area (Å²) in [6.45, 7) is 8.84. The van der Waals surface area contributed by atoms with Crippen LogP contribution in [-0.4, -0.2) is 53.4 Å². The number of rotatable bonds is 6. The van der Waals surface area contributed by atoms with Gasteiger partial charge < -0.3 is 15.0 Å². The number of guanidine groups is 1. The van der Waals surface area contributed by atoms with E-state index in [-0.39, 0.29) is 35.9 Å². The van der Waals surface area contributed by atoms with Gasteiger partial charge in [0, 0.05) is 45.0 Å². The number of nitrogens with zero attached hydrogens (tertiary/aromatic N) is 4. The van der Waals surface area contributed by atoms with Crippen LogP contribution >= 0.6 is 24.0 Å². The molecule has 1 aliphatic heterocycles. The molecule has 1 aromatic heterocycles. The van der Waals surface area contributed by atoms with Gasteiger partial charge in [-0.2, -0.15) is 5.10 Å². The minimum Gasteiger partial charge on any atom is -0.466 e. The third-order valence-electron chi connectivity index (χ3n) is 5.00. The van der Waals surface area contributed by atoms with Gasteiger partial charge in [0.15, 0.2) is 5.96 Å². The average Bonchev–Trinajstić information content (AvgIpc) is 2.97. The molecule has 0 radical (unpaired) electrons. The van der Waals surface area contributed by atoms with Gasteiger partial charge in [-0.05, 0) is 32.6 Å². The number of aromatic nitrogens is 2. The van der Waals surface area contributed by atoms with Crippen molar-refractivity contribution < 1.29 is 9.53 Å². The predicted octanol–water partition coefficient (Wildman–Crippen LogP) is 2.51.